The van der Waals surface area contributed by atoms with Crippen molar-refractivity contribution in [2.24, 2.45) is 0 Å². The van der Waals surface area contributed by atoms with E-state index < -0.39 is 9.84 Å². The smallest absolute Gasteiger partial charge is 0.181 e. The van der Waals surface area contributed by atoms with Crippen molar-refractivity contribution in [3.63, 3.8) is 0 Å². The van der Waals surface area contributed by atoms with Crippen LogP contribution in [0.4, 0.5) is 0 Å². The third-order valence-electron chi connectivity index (χ3n) is 1.94. The van der Waals surface area contributed by atoms with Gasteiger partial charge < -0.3 is 0 Å². The molecule has 1 aromatic heterocycles. The van der Waals surface area contributed by atoms with Crippen molar-refractivity contribution in [3.05, 3.63) is 21.9 Å². The van der Waals surface area contributed by atoms with Gasteiger partial charge in [-0.3, -0.25) is 0 Å². The number of rotatable bonds is 2. The van der Waals surface area contributed by atoms with Gasteiger partial charge in [0, 0.05) is 5.69 Å². The van der Waals surface area contributed by atoms with Gasteiger partial charge in [0.25, 0.3) is 0 Å². The predicted octanol–water partition coefficient (Wildman–Crippen LogP) is 2.25. The van der Waals surface area contributed by atoms with E-state index in [-0.39, 0.29) is 5.75 Å². The largest absolute Gasteiger partial charge is 0.245 e. The second-order valence-electron chi connectivity index (χ2n) is 3.10. The molecular formula is C9H12BrNO2S. The molecule has 14 heavy (non-hydrogen) atoms. The summed E-state index contributed by atoms with van der Waals surface area (Å²) in [6, 6.07) is 1.77. The summed E-state index contributed by atoms with van der Waals surface area (Å²) in [7, 11) is -3.19. The molecule has 0 aromatic carbocycles. The first kappa shape index (κ1) is 11.7. The normalized spacial score (nSPS) is 11.7. The van der Waals surface area contributed by atoms with E-state index in [9.17, 15) is 8.42 Å². The van der Waals surface area contributed by atoms with Crippen molar-refractivity contribution in [1.29, 1.82) is 0 Å². The molecule has 0 saturated heterocycles. The summed E-state index contributed by atoms with van der Waals surface area (Å²) in [4.78, 5) is 4.40. The average molecular weight is 278 g/mol. The second kappa shape index (κ2) is 3.98. The van der Waals surface area contributed by atoms with E-state index in [1.165, 1.54) is 0 Å². The van der Waals surface area contributed by atoms with Gasteiger partial charge in [-0.15, -0.1) is 0 Å². The molecule has 0 spiro atoms. The summed E-state index contributed by atoms with van der Waals surface area (Å²) in [6.45, 7) is 5.24. The first-order valence-electron chi connectivity index (χ1n) is 4.25. The van der Waals surface area contributed by atoms with Crippen molar-refractivity contribution in [2.45, 2.75) is 25.7 Å². The van der Waals surface area contributed by atoms with Crippen LogP contribution in [0.1, 0.15) is 18.2 Å². The van der Waals surface area contributed by atoms with Crippen molar-refractivity contribution >= 4 is 25.8 Å². The van der Waals surface area contributed by atoms with Crippen LogP contribution < -0.4 is 0 Å². The van der Waals surface area contributed by atoms with Crippen LogP contribution in [-0.4, -0.2) is 19.2 Å². The summed E-state index contributed by atoms with van der Waals surface area (Å²) in [6.07, 6.45) is 0. The molecule has 0 bridgehead atoms. The Labute approximate surface area is 92.6 Å². The lowest BCUT2D eigenvalue weighted by molar-refractivity contribution is 0.595. The first-order chi connectivity index (χ1) is 6.38. The van der Waals surface area contributed by atoms with Gasteiger partial charge in [-0.1, -0.05) is 6.92 Å². The van der Waals surface area contributed by atoms with Crippen LogP contribution in [0.25, 0.3) is 0 Å². The number of nitrogens with zero attached hydrogens (tertiary/aromatic N) is 1. The Morgan fingerprint density at radius 3 is 2.43 bits per heavy atom. The zero-order chi connectivity index (χ0) is 10.9. The van der Waals surface area contributed by atoms with E-state index in [0.29, 0.717) is 9.50 Å². The van der Waals surface area contributed by atoms with Crippen LogP contribution in [0.5, 0.6) is 0 Å². The molecule has 0 unspecified atom stereocenters. The molecule has 0 fully saturated rings. The third-order valence-corrected chi connectivity index (χ3v) is 4.67. The van der Waals surface area contributed by atoms with Gasteiger partial charge in [0.2, 0.25) is 0 Å². The third kappa shape index (κ3) is 2.15. The van der Waals surface area contributed by atoms with Crippen LogP contribution in [0.3, 0.4) is 0 Å². The maximum Gasteiger partial charge on any atom is 0.181 e. The molecule has 0 N–H and O–H groups in total. The highest BCUT2D eigenvalue weighted by atomic mass is 79.9. The van der Waals surface area contributed by atoms with E-state index in [1.807, 2.05) is 6.92 Å². The van der Waals surface area contributed by atoms with Crippen molar-refractivity contribution in [1.82, 2.24) is 4.98 Å². The lowest BCUT2D eigenvalue weighted by atomic mass is 10.2. The molecule has 78 valence electrons. The maximum absolute atomic E-state index is 11.7. The number of sulfone groups is 1. The molecule has 0 atom stereocenters. The van der Waals surface area contributed by atoms with E-state index in [0.717, 1.165) is 11.3 Å². The van der Waals surface area contributed by atoms with Crippen molar-refractivity contribution in [3.8, 4) is 0 Å². The number of hydrogen-bond donors (Lipinski definition) is 0. The Hall–Kier alpha value is -0.420. The monoisotopic (exact) mass is 277 g/mol. The Kier molecular flexibility index (Phi) is 3.32. The fraction of sp³-hybridized carbons (Fsp3) is 0.444. The summed E-state index contributed by atoms with van der Waals surface area (Å²) in [5.41, 5.74) is 1.55. The highest BCUT2D eigenvalue weighted by Crippen LogP contribution is 2.25. The Bertz CT molecular complexity index is 431. The van der Waals surface area contributed by atoms with Gasteiger partial charge in [0.05, 0.1) is 5.75 Å². The van der Waals surface area contributed by atoms with Crippen LogP contribution >= 0.6 is 15.9 Å². The maximum atomic E-state index is 11.7. The average Bonchev–Trinajstić information content (AvgIpc) is 2.01. The van der Waals surface area contributed by atoms with Crippen LogP contribution in [0.2, 0.25) is 0 Å². The molecule has 1 aromatic rings. The standard InChI is InChI=1S/C9H12BrNO2S/c1-4-14(12,13)8-6(2)5-7(3)11-9(8)10/h5H,4H2,1-3H3. The fourth-order valence-electron chi connectivity index (χ4n) is 1.30. The topological polar surface area (TPSA) is 47.0 Å². The lowest BCUT2D eigenvalue weighted by Crippen LogP contribution is -2.08. The summed E-state index contributed by atoms with van der Waals surface area (Å²) in [5, 5.41) is 0. The summed E-state index contributed by atoms with van der Waals surface area (Å²) < 4.78 is 23.8. The fourth-order valence-corrected chi connectivity index (χ4v) is 3.77. The van der Waals surface area contributed by atoms with Crippen molar-refractivity contribution in [2.75, 3.05) is 5.75 Å². The summed E-state index contributed by atoms with van der Waals surface area (Å²) in [5.74, 6) is 0.0944. The van der Waals surface area contributed by atoms with Gasteiger partial charge in [-0.05, 0) is 41.4 Å². The Balaban J connectivity index is 3.51. The lowest BCUT2D eigenvalue weighted by Gasteiger charge is -2.08. The second-order valence-corrected chi connectivity index (χ2v) is 6.07. The highest BCUT2D eigenvalue weighted by Gasteiger charge is 2.19. The van der Waals surface area contributed by atoms with Gasteiger partial charge in [-0.2, -0.15) is 0 Å². The zero-order valence-corrected chi connectivity index (χ0v) is 10.7. The highest BCUT2D eigenvalue weighted by molar-refractivity contribution is 9.10. The molecule has 0 aliphatic carbocycles. The number of halogens is 1. The van der Waals surface area contributed by atoms with E-state index in [2.05, 4.69) is 20.9 Å². The Morgan fingerprint density at radius 2 is 2.00 bits per heavy atom. The van der Waals surface area contributed by atoms with Crippen molar-refractivity contribution < 1.29 is 8.42 Å². The minimum absolute atomic E-state index is 0.0944. The molecule has 0 radical (unpaired) electrons. The summed E-state index contributed by atoms with van der Waals surface area (Å²) >= 11 is 3.18. The number of aryl methyl sites for hydroxylation is 2. The molecule has 5 heteroatoms. The Morgan fingerprint density at radius 1 is 1.43 bits per heavy atom. The van der Waals surface area contributed by atoms with E-state index in [1.54, 1.807) is 19.9 Å². The van der Waals surface area contributed by atoms with Gasteiger partial charge in [0.1, 0.15) is 9.50 Å². The minimum Gasteiger partial charge on any atom is -0.245 e. The molecule has 0 aliphatic heterocycles. The molecular weight excluding hydrogens is 266 g/mol. The number of pyridine rings is 1. The molecule has 0 aliphatic rings. The molecule has 0 amide bonds. The zero-order valence-electron chi connectivity index (χ0n) is 8.33. The van der Waals surface area contributed by atoms with Crippen LogP contribution in [0, 0.1) is 13.8 Å². The van der Waals surface area contributed by atoms with E-state index >= 15 is 0 Å². The molecule has 1 rings (SSSR count). The number of aromatic nitrogens is 1. The van der Waals surface area contributed by atoms with Crippen LogP contribution in [0.15, 0.2) is 15.6 Å². The molecule has 0 saturated carbocycles. The van der Waals surface area contributed by atoms with Gasteiger partial charge >= 0.3 is 0 Å². The molecule has 3 nitrogen and oxygen atoms in total. The van der Waals surface area contributed by atoms with Gasteiger partial charge in [0.15, 0.2) is 9.84 Å². The van der Waals surface area contributed by atoms with Gasteiger partial charge in [-0.25, -0.2) is 13.4 Å². The minimum atomic E-state index is -3.19. The van der Waals surface area contributed by atoms with E-state index in [4.69, 9.17) is 0 Å². The predicted molar refractivity (Wildman–Crippen MR) is 59.1 cm³/mol. The first-order valence-corrected chi connectivity index (χ1v) is 6.69. The SMILES string of the molecule is CCS(=O)(=O)c1c(C)cc(C)nc1Br. The quantitative estimate of drug-likeness (QED) is 0.779. The van der Waals surface area contributed by atoms with Crippen LogP contribution in [-0.2, 0) is 9.84 Å². The molecule has 1 heterocycles. The number of hydrogen-bond acceptors (Lipinski definition) is 3.